The summed E-state index contributed by atoms with van der Waals surface area (Å²) in [7, 11) is 0. The van der Waals surface area contributed by atoms with Crippen LogP contribution in [0, 0.1) is 10.1 Å². The first kappa shape index (κ1) is 21.6. The van der Waals surface area contributed by atoms with Crippen LogP contribution in [0.2, 0.25) is 0 Å². The van der Waals surface area contributed by atoms with Crippen molar-refractivity contribution in [2.45, 2.75) is 25.5 Å². The molecule has 1 amide bonds. The third-order valence-electron chi connectivity index (χ3n) is 6.44. The van der Waals surface area contributed by atoms with Crippen LogP contribution in [0.25, 0.3) is 0 Å². The number of cyclic esters (lactones) is 1. The van der Waals surface area contributed by atoms with Crippen molar-refractivity contribution in [2.24, 2.45) is 0 Å². The molecule has 3 aromatic carbocycles. The molecule has 2 aliphatic heterocycles. The molecular weight excluding hydrogens is 434 g/mol. The van der Waals surface area contributed by atoms with E-state index in [-0.39, 0.29) is 35.8 Å². The molecule has 2 aliphatic rings. The fourth-order valence-corrected chi connectivity index (χ4v) is 4.72. The molecule has 0 saturated carbocycles. The summed E-state index contributed by atoms with van der Waals surface area (Å²) in [5.41, 5.74) is 2.99. The summed E-state index contributed by atoms with van der Waals surface area (Å²) in [5, 5.41) is 11.9. The summed E-state index contributed by atoms with van der Waals surface area (Å²) in [6.07, 6.45) is 0.934. The van der Waals surface area contributed by atoms with Crippen molar-refractivity contribution in [1.29, 1.82) is 0 Å². The van der Waals surface area contributed by atoms with E-state index in [1.807, 2.05) is 35.2 Å². The second-order valence-electron chi connectivity index (χ2n) is 8.43. The lowest BCUT2D eigenvalue weighted by Gasteiger charge is -2.40. The first-order valence-electron chi connectivity index (χ1n) is 11.2. The van der Waals surface area contributed by atoms with Gasteiger partial charge in [-0.1, -0.05) is 48.5 Å². The van der Waals surface area contributed by atoms with E-state index in [9.17, 15) is 19.7 Å². The Morgan fingerprint density at radius 1 is 0.912 bits per heavy atom. The van der Waals surface area contributed by atoms with E-state index in [0.29, 0.717) is 37.2 Å². The quantitative estimate of drug-likeness (QED) is 0.306. The number of para-hydroxylation sites is 1. The number of benzene rings is 3. The molecule has 2 heterocycles. The van der Waals surface area contributed by atoms with Crippen LogP contribution in [0.3, 0.4) is 0 Å². The summed E-state index contributed by atoms with van der Waals surface area (Å²) < 4.78 is 5.36. The van der Waals surface area contributed by atoms with Crippen molar-refractivity contribution >= 4 is 28.9 Å². The summed E-state index contributed by atoms with van der Waals surface area (Å²) in [4.78, 5) is 40.4. The number of piperidine rings is 1. The fraction of sp³-hybridized carbons (Fsp3) is 0.231. The van der Waals surface area contributed by atoms with Crippen molar-refractivity contribution in [2.75, 3.05) is 22.9 Å². The maximum absolute atomic E-state index is 12.8. The molecule has 8 nitrogen and oxygen atoms in total. The number of nitro groups is 1. The molecule has 0 radical (unpaired) electrons. The number of carbonyl (C=O) groups excluding carboxylic acids is 2. The van der Waals surface area contributed by atoms with Gasteiger partial charge >= 0.3 is 6.09 Å². The van der Waals surface area contributed by atoms with E-state index in [1.54, 1.807) is 41.3 Å². The van der Waals surface area contributed by atoms with Crippen molar-refractivity contribution in [3.05, 3.63) is 99.6 Å². The average Bonchev–Trinajstić information content (AvgIpc) is 2.88. The Labute approximate surface area is 196 Å². The van der Waals surface area contributed by atoms with E-state index in [2.05, 4.69) is 0 Å². The Morgan fingerprint density at radius 3 is 2.35 bits per heavy atom. The monoisotopic (exact) mass is 457 g/mol. The number of carbonyl (C=O) groups is 2. The van der Waals surface area contributed by atoms with Gasteiger partial charge in [0, 0.05) is 41.9 Å². The van der Waals surface area contributed by atoms with Gasteiger partial charge in [0.05, 0.1) is 10.6 Å². The highest BCUT2D eigenvalue weighted by molar-refractivity contribution is 6.09. The van der Waals surface area contributed by atoms with E-state index >= 15 is 0 Å². The zero-order valence-corrected chi connectivity index (χ0v) is 18.4. The van der Waals surface area contributed by atoms with Gasteiger partial charge in [0.1, 0.15) is 12.3 Å². The Hall–Kier alpha value is -4.20. The topological polar surface area (TPSA) is 93.0 Å². The number of amides is 1. The average molecular weight is 457 g/mol. The highest BCUT2D eigenvalue weighted by atomic mass is 16.6. The van der Waals surface area contributed by atoms with Gasteiger partial charge in [0.2, 0.25) is 0 Å². The van der Waals surface area contributed by atoms with Crippen molar-refractivity contribution in [3.63, 3.8) is 0 Å². The molecule has 34 heavy (non-hydrogen) atoms. The second kappa shape index (κ2) is 8.97. The maximum Gasteiger partial charge on any atom is 0.414 e. The van der Waals surface area contributed by atoms with E-state index in [0.717, 1.165) is 11.3 Å². The predicted molar refractivity (Wildman–Crippen MR) is 127 cm³/mol. The highest BCUT2D eigenvalue weighted by Gasteiger charge is 2.35. The minimum atomic E-state index is -0.443. The Morgan fingerprint density at radius 2 is 1.62 bits per heavy atom. The molecule has 8 heteroatoms. The van der Waals surface area contributed by atoms with Crippen LogP contribution in [0.5, 0.6) is 0 Å². The number of nitrogens with zero attached hydrogens (tertiary/aromatic N) is 3. The third kappa shape index (κ3) is 3.98. The normalized spacial score (nSPS) is 16.1. The summed E-state index contributed by atoms with van der Waals surface area (Å²) in [5.74, 6) is -0.253. The molecule has 0 unspecified atom stereocenters. The Bertz CT molecular complexity index is 1250. The van der Waals surface area contributed by atoms with Crippen molar-refractivity contribution < 1.29 is 19.2 Å². The second-order valence-corrected chi connectivity index (χ2v) is 8.43. The molecule has 0 aromatic heterocycles. The van der Waals surface area contributed by atoms with Gasteiger partial charge in [-0.25, -0.2) is 4.79 Å². The number of ketones is 1. The molecule has 1 fully saturated rings. The number of ether oxygens (including phenoxy) is 1. The maximum atomic E-state index is 12.8. The van der Waals surface area contributed by atoms with Gasteiger partial charge in [0.15, 0.2) is 5.78 Å². The van der Waals surface area contributed by atoms with Crippen LogP contribution in [0.15, 0.2) is 72.8 Å². The zero-order chi connectivity index (χ0) is 23.7. The Kier molecular flexibility index (Phi) is 5.71. The largest absolute Gasteiger partial charge is 0.444 e. The van der Waals surface area contributed by atoms with Crippen LogP contribution >= 0.6 is 0 Å². The molecular formula is C26H23N3O5. The van der Waals surface area contributed by atoms with Crippen LogP contribution in [-0.2, 0) is 11.3 Å². The van der Waals surface area contributed by atoms with E-state index < -0.39 is 4.92 Å². The summed E-state index contributed by atoms with van der Waals surface area (Å²) >= 11 is 0. The molecule has 0 aliphatic carbocycles. The van der Waals surface area contributed by atoms with E-state index in [4.69, 9.17) is 4.74 Å². The summed E-state index contributed by atoms with van der Waals surface area (Å²) in [6, 6.07) is 21.0. The molecule has 0 bridgehead atoms. The lowest BCUT2D eigenvalue weighted by atomic mass is 9.99. The van der Waals surface area contributed by atoms with Gasteiger partial charge in [-0.3, -0.25) is 19.8 Å². The number of hydrogen-bond acceptors (Lipinski definition) is 6. The van der Waals surface area contributed by atoms with Crippen molar-refractivity contribution in [1.82, 2.24) is 0 Å². The minimum Gasteiger partial charge on any atom is -0.444 e. The molecule has 5 rings (SSSR count). The Balaban J connectivity index is 1.35. The van der Waals surface area contributed by atoms with Crippen LogP contribution in [0.1, 0.15) is 34.3 Å². The fourth-order valence-electron chi connectivity index (χ4n) is 4.72. The molecule has 0 N–H and O–H groups in total. The lowest BCUT2D eigenvalue weighted by Crippen LogP contribution is -2.49. The first-order valence-corrected chi connectivity index (χ1v) is 11.2. The van der Waals surface area contributed by atoms with E-state index in [1.165, 1.54) is 6.07 Å². The highest BCUT2D eigenvalue weighted by Crippen LogP contribution is 2.35. The third-order valence-corrected chi connectivity index (χ3v) is 6.44. The predicted octanol–water partition coefficient (Wildman–Crippen LogP) is 4.95. The number of rotatable bonds is 5. The number of nitro benzene ring substituents is 1. The van der Waals surface area contributed by atoms with Crippen LogP contribution in [0.4, 0.5) is 21.9 Å². The lowest BCUT2D eigenvalue weighted by molar-refractivity contribution is -0.384. The number of fused-ring (bicyclic) bond motifs is 1. The van der Waals surface area contributed by atoms with Crippen LogP contribution < -0.4 is 9.80 Å². The standard InChI is InChI=1S/C26H23N3O5/c30-25(18-6-2-1-3-7-18)19-10-11-23(24(16-19)29(32)33)27-14-12-21(13-15-27)28-22-9-5-4-8-20(22)17-34-26(28)31/h1-11,16,21H,12-15,17H2. The van der Waals surface area contributed by atoms with Crippen LogP contribution in [-0.4, -0.2) is 35.9 Å². The molecule has 3 aromatic rings. The van der Waals surface area contributed by atoms with Gasteiger partial charge in [0.25, 0.3) is 5.69 Å². The first-order chi connectivity index (χ1) is 16.5. The zero-order valence-electron chi connectivity index (χ0n) is 18.4. The van der Waals surface area contributed by atoms with Gasteiger partial charge < -0.3 is 9.64 Å². The van der Waals surface area contributed by atoms with Gasteiger partial charge in [-0.15, -0.1) is 0 Å². The molecule has 0 spiro atoms. The molecule has 0 atom stereocenters. The van der Waals surface area contributed by atoms with Gasteiger partial charge in [-0.2, -0.15) is 0 Å². The number of hydrogen-bond donors (Lipinski definition) is 0. The SMILES string of the molecule is O=C(c1ccccc1)c1ccc(N2CCC(N3C(=O)OCc4ccccc43)CC2)c([N+](=O)[O-])c1. The van der Waals surface area contributed by atoms with Crippen molar-refractivity contribution in [3.8, 4) is 0 Å². The molecule has 1 saturated heterocycles. The molecule has 172 valence electrons. The number of anilines is 2. The van der Waals surface area contributed by atoms with Gasteiger partial charge in [-0.05, 0) is 31.0 Å². The smallest absolute Gasteiger partial charge is 0.414 e. The summed E-state index contributed by atoms with van der Waals surface area (Å²) in [6.45, 7) is 1.36. The minimum absolute atomic E-state index is 0.0526.